The lowest BCUT2D eigenvalue weighted by Gasteiger charge is -2.47. The van der Waals surface area contributed by atoms with E-state index in [1.807, 2.05) is 6.20 Å². The zero-order valence-corrected chi connectivity index (χ0v) is 13.9. The second-order valence-corrected chi connectivity index (χ2v) is 7.31. The van der Waals surface area contributed by atoms with E-state index >= 15 is 0 Å². The summed E-state index contributed by atoms with van der Waals surface area (Å²) in [7, 11) is 0. The first-order valence-electron chi connectivity index (χ1n) is 6.97. The van der Waals surface area contributed by atoms with Crippen LogP contribution in [0.3, 0.4) is 0 Å². The van der Waals surface area contributed by atoms with Crippen molar-refractivity contribution in [3.63, 3.8) is 0 Å². The Morgan fingerprint density at radius 2 is 2.21 bits per heavy atom. The number of nitrogens with one attached hydrogen (secondary N) is 1. The third-order valence-electron chi connectivity index (χ3n) is 4.02. The van der Waals surface area contributed by atoms with Gasteiger partial charge in [-0.3, -0.25) is 9.88 Å². The molecule has 2 rings (SSSR count). The molecule has 1 aromatic heterocycles. The number of rotatable bonds is 3. The van der Waals surface area contributed by atoms with Crippen molar-refractivity contribution in [1.29, 1.82) is 0 Å². The van der Waals surface area contributed by atoms with E-state index < -0.39 is 0 Å². The molecule has 0 amide bonds. The average Bonchev–Trinajstić information content (AvgIpc) is 2.34. The van der Waals surface area contributed by atoms with Gasteiger partial charge in [-0.15, -0.1) is 0 Å². The lowest BCUT2D eigenvalue weighted by molar-refractivity contribution is 0.0464. The van der Waals surface area contributed by atoms with Crippen LogP contribution in [-0.2, 0) is 6.54 Å². The number of aromatic nitrogens is 1. The molecule has 0 spiro atoms. The van der Waals surface area contributed by atoms with Crippen LogP contribution in [0.4, 0.5) is 0 Å². The van der Waals surface area contributed by atoms with Crippen molar-refractivity contribution in [1.82, 2.24) is 15.2 Å². The van der Waals surface area contributed by atoms with Gasteiger partial charge >= 0.3 is 0 Å². The summed E-state index contributed by atoms with van der Waals surface area (Å²) in [5, 5.41) is 3.66. The van der Waals surface area contributed by atoms with Gasteiger partial charge in [0.05, 0.1) is 5.69 Å². The number of piperazine rings is 1. The van der Waals surface area contributed by atoms with Crippen LogP contribution >= 0.6 is 15.9 Å². The van der Waals surface area contributed by atoms with Crippen LogP contribution in [0.15, 0.2) is 22.8 Å². The predicted molar refractivity (Wildman–Crippen MR) is 83.1 cm³/mol. The molecule has 1 fully saturated rings. The van der Waals surface area contributed by atoms with Crippen LogP contribution in [-0.4, -0.2) is 34.6 Å². The van der Waals surface area contributed by atoms with E-state index in [2.05, 4.69) is 71.0 Å². The number of hydrogen-bond donors (Lipinski definition) is 1. The Hall–Kier alpha value is -0.450. The Bertz CT molecular complexity index is 414. The summed E-state index contributed by atoms with van der Waals surface area (Å²) in [6, 6.07) is 4.74. The summed E-state index contributed by atoms with van der Waals surface area (Å²) in [6.45, 7) is 12.2. The third-order valence-corrected chi connectivity index (χ3v) is 4.49. The molecule has 0 aromatic carbocycles. The molecule has 0 saturated carbocycles. The van der Waals surface area contributed by atoms with Gasteiger partial charge in [-0.25, -0.2) is 0 Å². The maximum absolute atomic E-state index is 4.50. The maximum atomic E-state index is 4.50. The molecular formula is C15H24BrN3. The summed E-state index contributed by atoms with van der Waals surface area (Å²) in [5.74, 6) is 0.663. The maximum Gasteiger partial charge on any atom is 0.0545 e. The molecule has 1 unspecified atom stereocenters. The standard InChI is InChI=1S/C15H24BrN3/c1-11(2)14-9-19(15(3,4)10-18-14)8-13-6-5-12(16)7-17-13/h5-7,11,14,18H,8-10H2,1-4H3. The largest absolute Gasteiger partial charge is 0.311 e. The van der Waals surface area contributed by atoms with Crippen molar-refractivity contribution in [3.05, 3.63) is 28.5 Å². The van der Waals surface area contributed by atoms with Crippen molar-refractivity contribution in [2.45, 2.75) is 45.8 Å². The quantitative estimate of drug-likeness (QED) is 0.925. The number of pyridine rings is 1. The molecule has 106 valence electrons. The predicted octanol–water partition coefficient (Wildman–Crippen LogP) is 3.05. The fourth-order valence-corrected chi connectivity index (χ4v) is 2.70. The van der Waals surface area contributed by atoms with Crippen LogP contribution in [0.2, 0.25) is 0 Å². The number of nitrogens with zero attached hydrogens (tertiary/aromatic N) is 2. The van der Waals surface area contributed by atoms with Gasteiger partial charge in [-0.1, -0.05) is 13.8 Å². The molecule has 1 aliphatic rings. The third kappa shape index (κ3) is 3.77. The van der Waals surface area contributed by atoms with Crippen molar-refractivity contribution in [2.24, 2.45) is 5.92 Å². The Labute approximate surface area is 124 Å². The Morgan fingerprint density at radius 3 is 2.79 bits per heavy atom. The molecule has 4 heteroatoms. The van der Waals surface area contributed by atoms with Crippen LogP contribution < -0.4 is 5.32 Å². The highest BCUT2D eigenvalue weighted by atomic mass is 79.9. The summed E-state index contributed by atoms with van der Waals surface area (Å²) in [5.41, 5.74) is 1.32. The monoisotopic (exact) mass is 325 g/mol. The van der Waals surface area contributed by atoms with Gasteiger partial charge in [0.2, 0.25) is 0 Å². The Kier molecular flexibility index (Phi) is 4.64. The van der Waals surface area contributed by atoms with E-state index in [0.717, 1.165) is 29.8 Å². The van der Waals surface area contributed by atoms with Gasteiger partial charge < -0.3 is 5.32 Å². The van der Waals surface area contributed by atoms with Crippen molar-refractivity contribution < 1.29 is 0 Å². The molecule has 1 aromatic rings. The minimum Gasteiger partial charge on any atom is -0.311 e. The fraction of sp³-hybridized carbons (Fsp3) is 0.667. The lowest BCUT2D eigenvalue weighted by Crippen LogP contribution is -2.62. The van der Waals surface area contributed by atoms with E-state index in [-0.39, 0.29) is 5.54 Å². The average molecular weight is 326 g/mol. The molecule has 0 bridgehead atoms. The van der Waals surface area contributed by atoms with Crippen LogP contribution in [0.1, 0.15) is 33.4 Å². The SMILES string of the molecule is CC(C)C1CN(Cc2ccc(Br)cn2)C(C)(C)CN1. The van der Waals surface area contributed by atoms with Crippen molar-refractivity contribution in [3.8, 4) is 0 Å². The van der Waals surface area contributed by atoms with Crippen molar-refractivity contribution >= 4 is 15.9 Å². The topological polar surface area (TPSA) is 28.2 Å². The molecule has 1 aliphatic heterocycles. The molecule has 0 radical (unpaired) electrons. The summed E-state index contributed by atoms with van der Waals surface area (Å²) >= 11 is 3.44. The first-order chi connectivity index (χ1) is 8.88. The van der Waals surface area contributed by atoms with Gasteiger partial charge in [0.1, 0.15) is 0 Å². The molecule has 0 aliphatic carbocycles. The van der Waals surface area contributed by atoms with Crippen LogP contribution in [0, 0.1) is 5.92 Å². The Morgan fingerprint density at radius 1 is 1.47 bits per heavy atom. The first kappa shape index (κ1) is 14.9. The zero-order valence-electron chi connectivity index (χ0n) is 12.3. The number of halogens is 1. The molecular weight excluding hydrogens is 302 g/mol. The van der Waals surface area contributed by atoms with E-state index in [9.17, 15) is 0 Å². The van der Waals surface area contributed by atoms with E-state index in [1.165, 1.54) is 0 Å². The summed E-state index contributed by atoms with van der Waals surface area (Å²) in [4.78, 5) is 7.04. The summed E-state index contributed by atoms with van der Waals surface area (Å²) < 4.78 is 1.04. The van der Waals surface area contributed by atoms with Gasteiger partial charge in [0.15, 0.2) is 0 Å². The molecule has 19 heavy (non-hydrogen) atoms. The van der Waals surface area contributed by atoms with Gasteiger partial charge in [-0.2, -0.15) is 0 Å². The second-order valence-electron chi connectivity index (χ2n) is 6.39. The van der Waals surface area contributed by atoms with E-state index in [4.69, 9.17) is 0 Å². The fourth-order valence-electron chi connectivity index (χ4n) is 2.46. The molecule has 1 saturated heterocycles. The lowest BCUT2D eigenvalue weighted by atomic mass is 9.92. The minimum atomic E-state index is 0.181. The van der Waals surface area contributed by atoms with Gasteiger partial charge in [-0.05, 0) is 47.8 Å². The molecule has 1 atom stereocenters. The minimum absolute atomic E-state index is 0.181. The second kappa shape index (κ2) is 5.90. The molecule has 3 nitrogen and oxygen atoms in total. The van der Waals surface area contributed by atoms with Crippen LogP contribution in [0.5, 0.6) is 0 Å². The van der Waals surface area contributed by atoms with E-state index in [0.29, 0.717) is 12.0 Å². The highest BCUT2D eigenvalue weighted by Crippen LogP contribution is 2.23. The highest BCUT2D eigenvalue weighted by Gasteiger charge is 2.34. The Balaban J connectivity index is 2.08. The van der Waals surface area contributed by atoms with Gasteiger partial charge in [0, 0.05) is 41.9 Å². The van der Waals surface area contributed by atoms with E-state index in [1.54, 1.807) is 0 Å². The smallest absolute Gasteiger partial charge is 0.0545 e. The molecule has 1 N–H and O–H groups in total. The number of hydrogen-bond acceptors (Lipinski definition) is 3. The summed E-state index contributed by atoms with van der Waals surface area (Å²) in [6.07, 6.45) is 1.88. The highest BCUT2D eigenvalue weighted by molar-refractivity contribution is 9.10. The first-order valence-corrected chi connectivity index (χ1v) is 7.76. The van der Waals surface area contributed by atoms with Crippen LogP contribution in [0.25, 0.3) is 0 Å². The normalized spacial score (nSPS) is 23.8. The van der Waals surface area contributed by atoms with Gasteiger partial charge in [0.25, 0.3) is 0 Å². The van der Waals surface area contributed by atoms with Crippen molar-refractivity contribution in [2.75, 3.05) is 13.1 Å². The zero-order chi connectivity index (χ0) is 14.0. The molecule has 2 heterocycles.